The molecule has 0 aromatic heterocycles. The first kappa shape index (κ1) is 16.1. The molecule has 0 heterocycles. The quantitative estimate of drug-likeness (QED) is 0.839. The zero-order valence-corrected chi connectivity index (χ0v) is 10.8. The average Bonchev–Trinajstić information content (AvgIpc) is 2.25. The first-order valence-electron chi connectivity index (χ1n) is 4.58. The minimum atomic E-state index is -4.90. The van der Waals surface area contributed by atoms with Gasteiger partial charge in [0.05, 0.1) is 17.2 Å². The first-order chi connectivity index (χ1) is 9.03. The second-order valence-electron chi connectivity index (χ2n) is 3.25. The molecule has 0 aliphatic heterocycles. The van der Waals surface area contributed by atoms with Gasteiger partial charge in [0.15, 0.2) is 0 Å². The third kappa shape index (κ3) is 4.60. The number of amides is 1. The van der Waals surface area contributed by atoms with Gasteiger partial charge < -0.3 is 4.74 Å². The van der Waals surface area contributed by atoms with Crippen LogP contribution in [-0.2, 0) is 15.4 Å². The fraction of sp³-hybridized carbons (Fsp3) is 0.111. The van der Waals surface area contributed by atoms with E-state index in [0.717, 1.165) is 10.8 Å². The number of carbonyl (C=O) groups excluding carboxylic acids is 1. The molecule has 11 heteroatoms. The summed E-state index contributed by atoms with van der Waals surface area (Å²) in [5.41, 5.74) is -1.71. The number of rotatable bonds is 2. The van der Waals surface area contributed by atoms with Crippen LogP contribution in [0, 0.1) is 11.3 Å². The first-order valence-corrected chi connectivity index (χ1v) is 6.89. The smallest absolute Gasteiger partial charge is 0.409 e. The summed E-state index contributed by atoms with van der Waals surface area (Å²) in [6.45, 7) is 0. The van der Waals surface area contributed by atoms with Gasteiger partial charge in [0.25, 0.3) is 0 Å². The third-order valence-electron chi connectivity index (χ3n) is 1.82. The Kier molecular flexibility index (Phi) is 4.46. The van der Waals surface area contributed by atoms with Crippen molar-refractivity contribution >= 4 is 26.0 Å². The van der Waals surface area contributed by atoms with Gasteiger partial charge in [-0.2, -0.15) is 26.9 Å². The molecule has 1 aromatic carbocycles. The van der Waals surface area contributed by atoms with Gasteiger partial charge in [-0.05, 0) is 18.2 Å². The van der Waals surface area contributed by atoms with E-state index in [1.54, 1.807) is 0 Å². The van der Waals surface area contributed by atoms with Gasteiger partial charge in [-0.3, -0.25) is 0 Å². The fourth-order valence-electron chi connectivity index (χ4n) is 1.13. The van der Waals surface area contributed by atoms with E-state index < -0.39 is 32.8 Å². The third-order valence-corrected chi connectivity index (χ3v) is 2.46. The zero-order valence-electron chi connectivity index (χ0n) is 9.23. The molecule has 0 radical (unpaired) electrons. The highest BCUT2D eigenvalue weighted by molar-refractivity contribution is 8.12. The Balaban J connectivity index is 3.13. The molecule has 0 fully saturated rings. The van der Waals surface area contributed by atoms with Crippen LogP contribution in [0.3, 0.4) is 0 Å². The van der Waals surface area contributed by atoms with E-state index in [4.69, 9.17) is 5.26 Å². The predicted molar refractivity (Wildman–Crippen MR) is 60.1 cm³/mol. The van der Waals surface area contributed by atoms with Crippen LogP contribution in [0.15, 0.2) is 18.2 Å². The van der Waals surface area contributed by atoms with E-state index >= 15 is 0 Å². The summed E-state index contributed by atoms with van der Waals surface area (Å²) in [6, 6.07) is 3.62. The van der Waals surface area contributed by atoms with Crippen LogP contribution in [0.1, 0.15) is 11.1 Å². The van der Waals surface area contributed by atoms with E-state index in [-0.39, 0.29) is 5.56 Å². The van der Waals surface area contributed by atoms with Crippen molar-refractivity contribution < 1.29 is 31.1 Å². The predicted octanol–water partition coefficient (Wildman–Crippen LogP) is 2.15. The lowest BCUT2D eigenvalue weighted by molar-refractivity contribution is -0.138. The summed E-state index contributed by atoms with van der Waals surface area (Å²) in [6.07, 6.45) is -6.61. The minimum absolute atomic E-state index is 0.310. The van der Waals surface area contributed by atoms with Gasteiger partial charge in [0, 0.05) is 10.7 Å². The lowest BCUT2D eigenvalue weighted by atomic mass is 10.1. The van der Waals surface area contributed by atoms with E-state index in [1.807, 2.05) is 0 Å². The number of nitriles is 1. The van der Waals surface area contributed by atoms with Crippen LogP contribution in [0.5, 0.6) is 5.75 Å². The molecule has 0 spiro atoms. The van der Waals surface area contributed by atoms with Crippen molar-refractivity contribution in [2.24, 2.45) is 0 Å². The molecular formula is C9H4ClF3N2O4S. The number of halogens is 4. The summed E-state index contributed by atoms with van der Waals surface area (Å²) in [5, 5.41) is 8.52. The van der Waals surface area contributed by atoms with Gasteiger partial charge in [-0.25, -0.2) is 9.52 Å². The Morgan fingerprint density at radius 2 is 2.00 bits per heavy atom. The van der Waals surface area contributed by atoms with Gasteiger partial charge >= 0.3 is 21.5 Å². The largest absolute Gasteiger partial charge is 0.427 e. The molecule has 0 atom stereocenters. The highest BCUT2D eigenvalue weighted by Crippen LogP contribution is 2.36. The summed E-state index contributed by atoms with van der Waals surface area (Å²) >= 11 is 0. The van der Waals surface area contributed by atoms with E-state index in [1.165, 1.54) is 6.07 Å². The van der Waals surface area contributed by atoms with E-state index in [2.05, 4.69) is 15.4 Å². The Morgan fingerprint density at radius 1 is 1.40 bits per heavy atom. The molecule has 1 rings (SSSR count). The van der Waals surface area contributed by atoms with Crippen molar-refractivity contribution in [2.45, 2.75) is 6.18 Å². The monoisotopic (exact) mass is 328 g/mol. The molecule has 0 aliphatic carbocycles. The number of ether oxygens (including phenoxy) is 1. The molecule has 1 aromatic rings. The minimum Gasteiger partial charge on any atom is -0.409 e. The van der Waals surface area contributed by atoms with Gasteiger partial charge in [-0.15, -0.1) is 0 Å². The van der Waals surface area contributed by atoms with Crippen molar-refractivity contribution in [3.63, 3.8) is 0 Å². The Bertz CT molecular complexity index is 681. The summed E-state index contributed by atoms with van der Waals surface area (Å²) < 4.78 is 64.4. The molecule has 108 valence electrons. The van der Waals surface area contributed by atoms with Crippen LogP contribution >= 0.6 is 10.7 Å². The maximum atomic E-state index is 12.7. The fourth-order valence-corrected chi connectivity index (χ4v) is 1.56. The van der Waals surface area contributed by atoms with Crippen LogP contribution < -0.4 is 9.46 Å². The molecule has 0 saturated carbocycles. The highest BCUT2D eigenvalue weighted by atomic mass is 35.7. The molecule has 0 aliphatic rings. The zero-order chi connectivity index (χ0) is 15.6. The van der Waals surface area contributed by atoms with Gasteiger partial charge in [-0.1, -0.05) is 0 Å². The SMILES string of the molecule is N#Cc1ccc(OC(=O)NS(=O)(=O)Cl)c(C(F)(F)F)c1. The molecule has 1 amide bonds. The average molecular weight is 329 g/mol. The number of hydrogen-bond donors (Lipinski definition) is 1. The van der Waals surface area contributed by atoms with Crippen molar-refractivity contribution in [1.82, 2.24) is 4.72 Å². The van der Waals surface area contributed by atoms with Crippen LogP contribution in [0.25, 0.3) is 0 Å². The van der Waals surface area contributed by atoms with Crippen LogP contribution in [0.4, 0.5) is 18.0 Å². The molecule has 0 unspecified atom stereocenters. The second-order valence-corrected chi connectivity index (χ2v) is 5.55. The van der Waals surface area contributed by atoms with Crippen molar-refractivity contribution in [3.05, 3.63) is 29.3 Å². The lowest BCUT2D eigenvalue weighted by Crippen LogP contribution is -2.30. The number of carbonyl (C=O) groups is 1. The van der Waals surface area contributed by atoms with Crippen LogP contribution in [-0.4, -0.2) is 14.5 Å². The molecule has 20 heavy (non-hydrogen) atoms. The molecule has 0 bridgehead atoms. The van der Waals surface area contributed by atoms with Crippen molar-refractivity contribution in [2.75, 3.05) is 0 Å². The number of benzene rings is 1. The summed E-state index contributed by atoms with van der Waals surface area (Å²) in [7, 11) is 0.176. The highest BCUT2D eigenvalue weighted by Gasteiger charge is 2.35. The van der Waals surface area contributed by atoms with Gasteiger partial charge in [0.2, 0.25) is 0 Å². The van der Waals surface area contributed by atoms with Gasteiger partial charge in [0.1, 0.15) is 5.75 Å². The Hall–Kier alpha value is -1.99. The summed E-state index contributed by atoms with van der Waals surface area (Å²) in [4.78, 5) is 11.0. The topological polar surface area (TPSA) is 96.3 Å². The lowest BCUT2D eigenvalue weighted by Gasteiger charge is -2.12. The van der Waals surface area contributed by atoms with Crippen LogP contribution in [0.2, 0.25) is 0 Å². The number of nitrogens with one attached hydrogen (secondary N) is 1. The Morgan fingerprint density at radius 3 is 2.45 bits per heavy atom. The molecule has 6 nitrogen and oxygen atoms in total. The standard InChI is InChI=1S/C9H4ClF3N2O4S/c10-20(17,18)15-8(16)19-7-2-1-5(4-14)3-6(7)9(11,12)13/h1-3H,(H,15,16). The number of alkyl halides is 3. The molecule has 1 N–H and O–H groups in total. The van der Waals surface area contributed by atoms with Crippen molar-refractivity contribution in [1.29, 1.82) is 5.26 Å². The number of hydrogen-bond acceptors (Lipinski definition) is 5. The van der Waals surface area contributed by atoms with E-state index in [0.29, 0.717) is 12.1 Å². The number of nitrogens with zero attached hydrogens (tertiary/aromatic N) is 1. The molecule has 0 saturated heterocycles. The maximum Gasteiger partial charge on any atom is 0.427 e. The Labute approximate surface area is 115 Å². The normalized spacial score (nSPS) is 11.6. The van der Waals surface area contributed by atoms with Crippen molar-refractivity contribution in [3.8, 4) is 11.8 Å². The molecular weight excluding hydrogens is 325 g/mol. The maximum absolute atomic E-state index is 12.7. The summed E-state index contributed by atoms with van der Waals surface area (Å²) in [5.74, 6) is -0.964. The second kappa shape index (κ2) is 5.56. The van der Waals surface area contributed by atoms with E-state index in [9.17, 15) is 26.4 Å².